The molecule has 0 spiro atoms. The van der Waals surface area contributed by atoms with Crippen molar-refractivity contribution in [1.82, 2.24) is 0 Å². The summed E-state index contributed by atoms with van der Waals surface area (Å²) in [6.07, 6.45) is 4.40. The first-order valence-corrected chi connectivity index (χ1v) is 11.3. The van der Waals surface area contributed by atoms with Crippen LogP contribution in [0.25, 0.3) is 0 Å². The molecule has 2 aliphatic rings. The van der Waals surface area contributed by atoms with Gasteiger partial charge in [0.2, 0.25) is 0 Å². The maximum Gasteiger partial charge on any atom is 0.336 e. The Morgan fingerprint density at radius 1 is 1.25 bits per heavy atom. The number of ether oxygens (including phenoxy) is 2. The molecule has 2 atom stereocenters. The van der Waals surface area contributed by atoms with E-state index in [0.717, 1.165) is 37.0 Å². The second kappa shape index (κ2) is 11.7. The van der Waals surface area contributed by atoms with Gasteiger partial charge in [-0.15, -0.1) is 0 Å². The summed E-state index contributed by atoms with van der Waals surface area (Å²) in [4.78, 5) is 33.3. The third-order valence-corrected chi connectivity index (χ3v) is 6.29. The van der Waals surface area contributed by atoms with Gasteiger partial charge < -0.3 is 9.47 Å². The monoisotopic (exact) mass is 462 g/mol. The molecular weight excluding hydrogens is 432 g/mol. The van der Waals surface area contributed by atoms with Crippen LogP contribution in [0.3, 0.4) is 0 Å². The molecule has 32 heavy (non-hydrogen) atoms. The summed E-state index contributed by atoms with van der Waals surface area (Å²) in [5, 5.41) is 0.462. The highest BCUT2D eigenvalue weighted by atomic mass is 35.5. The van der Waals surface area contributed by atoms with E-state index in [1.54, 1.807) is 20.1 Å². The highest BCUT2D eigenvalue weighted by Gasteiger charge is 2.39. The first-order valence-electron chi connectivity index (χ1n) is 10.9. The minimum atomic E-state index is -0.447. The fourth-order valence-corrected chi connectivity index (χ4v) is 4.62. The Balaban J connectivity index is 1.95. The van der Waals surface area contributed by atoms with E-state index in [9.17, 15) is 4.79 Å². The molecule has 1 aromatic carbocycles. The number of para-hydroxylation sites is 1. The molecule has 0 bridgehead atoms. The quantitative estimate of drug-likeness (QED) is 0.157. The first-order chi connectivity index (χ1) is 15.5. The van der Waals surface area contributed by atoms with E-state index in [-0.39, 0.29) is 25.2 Å². The van der Waals surface area contributed by atoms with Gasteiger partial charge in [-0.25, -0.2) is 14.6 Å². The van der Waals surface area contributed by atoms with Crippen LogP contribution in [0.4, 0.5) is 5.69 Å². The Bertz CT molecular complexity index is 892. The molecule has 7 nitrogen and oxygen atoms in total. The largest absolute Gasteiger partial charge is 0.460 e. The zero-order chi connectivity index (χ0) is 23.1. The highest BCUT2D eigenvalue weighted by molar-refractivity contribution is 6.33. The average Bonchev–Trinajstić information content (AvgIpc) is 3.28. The van der Waals surface area contributed by atoms with Crippen molar-refractivity contribution in [3.63, 3.8) is 0 Å². The van der Waals surface area contributed by atoms with Gasteiger partial charge in [-0.1, -0.05) is 36.6 Å². The van der Waals surface area contributed by atoms with Crippen molar-refractivity contribution in [2.75, 3.05) is 26.9 Å². The Kier molecular flexibility index (Phi) is 8.99. The lowest BCUT2D eigenvalue weighted by molar-refractivity contribution is -0.326. The number of aliphatic imine (C=N–C) groups is 2. The molecular formula is C24H31ClN2O5. The van der Waals surface area contributed by atoms with Crippen molar-refractivity contribution in [2.24, 2.45) is 15.9 Å². The summed E-state index contributed by atoms with van der Waals surface area (Å²) in [7, 11) is 1.56. The van der Waals surface area contributed by atoms with Crippen molar-refractivity contribution in [1.29, 1.82) is 0 Å². The molecule has 0 saturated heterocycles. The Morgan fingerprint density at radius 3 is 2.69 bits per heavy atom. The van der Waals surface area contributed by atoms with Gasteiger partial charge in [0, 0.05) is 30.4 Å². The van der Waals surface area contributed by atoms with Crippen LogP contribution in [-0.2, 0) is 24.0 Å². The molecule has 8 heteroatoms. The maximum absolute atomic E-state index is 13.1. The number of carbonyl (C=O) groups excluding carboxylic acids is 1. The van der Waals surface area contributed by atoms with Crippen LogP contribution in [0.15, 0.2) is 39.5 Å². The van der Waals surface area contributed by atoms with Gasteiger partial charge in [0.05, 0.1) is 35.6 Å². The molecule has 1 saturated carbocycles. The van der Waals surface area contributed by atoms with E-state index in [1.165, 1.54) is 0 Å². The number of allylic oxidation sites excluding steroid dienone is 1. The van der Waals surface area contributed by atoms with E-state index in [4.69, 9.17) is 30.8 Å². The predicted octanol–water partition coefficient (Wildman–Crippen LogP) is 5.20. The van der Waals surface area contributed by atoms with Gasteiger partial charge in [0.15, 0.2) is 0 Å². The zero-order valence-electron chi connectivity index (χ0n) is 18.9. The average molecular weight is 463 g/mol. The molecule has 174 valence electrons. The Hall–Kier alpha value is -2.06. The van der Waals surface area contributed by atoms with Crippen LogP contribution >= 0.6 is 11.6 Å². The minimum absolute atomic E-state index is 0.113. The standard InChI is InChI=1S/C24H31ClN2O5/c1-15-19(14-31-32-17-8-5-6-9-17)22(18-10-7-11-20(25)23(18)26-3)21(16(2)27-15)24(28)30-13-12-29-4/h7,10-11,17,19,22H,3,5-6,8-9,12-14H2,1-2,4H3. The minimum Gasteiger partial charge on any atom is -0.460 e. The number of nitrogens with zero attached hydrogens (tertiary/aromatic N) is 2. The fraction of sp³-hybridized carbons (Fsp3) is 0.542. The van der Waals surface area contributed by atoms with E-state index in [1.807, 2.05) is 19.1 Å². The molecule has 0 amide bonds. The number of benzene rings is 1. The number of esters is 1. The van der Waals surface area contributed by atoms with E-state index in [0.29, 0.717) is 28.6 Å². The summed E-state index contributed by atoms with van der Waals surface area (Å²) in [5.74, 6) is -1.13. The lowest BCUT2D eigenvalue weighted by Crippen LogP contribution is -2.34. The van der Waals surface area contributed by atoms with E-state index >= 15 is 0 Å². The first kappa shape index (κ1) is 24.6. The Labute approximate surface area is 194 Å². The van der Waals surface area contributed by atoms with Crippen molar-refractivity contribution in [2.45, 2.75) is 51.6 Å². The lowest BCUT2D eigenvalue weighted by atomic mass is 9.75. The summed E-state index contributed by atoms with van der Waals surface area (Å²) in [6.45, 7) is 8.12. The van der Waals surface area contributed by atoms with Crippen LogP contribution in [0.5, 0.6) is 0 Å². The van der Waals surface area contributed by atoms with Crippen molar-refractivity contribution in [3.8, 4) is 0 Å². The lowest BCUT2D eigenvalue weighted by Gasteiger charge is -2.33. The summed E-state index contributed by atoms with van der Waals surface area (Å²) in [6, 6.07) is 5.49. The molecule has 1 fully saturated rings. The van der Waals surface area contributed by atoms with Gasteiger partial charge in [-0.2, -0.15) is 0 Å². The summed E-state index contributed by atoms with van der Waals surface area (Å²) < 4.78 is 10.5. The number of hydrogen-bond acceptors (Lipinski definition) is 7. The van der Waals surface area contributed by atoms with Gasteiger partial charge in [-0.3, -0.25) is 9.98 Å². The zero-order valence-corrected chi connectivity index (χ0v) is 19.7. The number of methoxy groups -OCH3 is 1. The molecule has 0 radical (unpaired) electrons. The molecule has 1 aliphatic carbocycles. The van der Waals surface area contributed by atoms with E-state index in [2.05, 4.69) is 16.7 Å². The predicted molar refractivity (Wildman–Crippen MR) is 125 cm³/mol. The topological polar surface area (TPSA) is 78.7 Å². The molecule has 1 heterocycles. The number of hydrogen-bond donors (Lipinski definition) is 0. The second-order valence-electron chi connectivity index (χ2n) is 8.09. The van der Waals surface area contributed by atoms with Crippen molar-refractivity contribution in [3.05, 3.63) is 40.1 Å². The van der Waals surface area contributed by atoms with Gasteiger partial charge in [-0.05, 0) is 45.0 Å². The number of halogens is 1. The summed E-state index contributed by atoms with van der Waals surface area (Å²) >= 11 is 6.42. The smallest absolute Gasteiger partial charge is 0.336 e. The van der Waals surface area contributed by atoms with Gasteiger partial charge in [0.25, 0.3) is 0 Å². The van der Waals surface area contributed by atoms with Crippen LogP contribution in [-0.4, -0.2) is 51.4 Å². The Morgan fingerprint density at radius 2 is 2.00 bits per heavy atom. The molecule has 2 unspecified atom stereocenters. The molecule has 0 aromatic heterocycles. The normalized spacial score (nSPS) is 21.6. The molecule has 0 N–H and O–H groups in total. The summed E-state index contributed by atoms with van der Waals surface area (Å²) in [5.41, 5.74) is 3.19. The van der Waals surface area contributed by atoms with Crippen molar-refractivity contribution < 1.29 is 24.0 Å². The van der Waals surface area contributed by atoms with Gasteiger partial charge in [0.1, 0.15) is 6.61 Å². The SMILES string of the molecule is C=Nc1c(Cl)cccc1C1C(C(=O)OCCOC)=C(C)N=C(C)C1COOC1CCCC1. The van der Waals surface area contributed by atoms with E-state index < -0.39 is 11.9 Å². The van der Waals surface area contributed by atoms with Gasteiger partial charge >= 0.3 is 5.97 Å². The maximum atomic E-state index is 13.1. The second-order valence-corrected chi connectivity index (χ2v) is 8.50. The highest BCUT2D eigenvalue weighted by Crippen LogP contribution is 2.45. The number of carbonyl (C=O) groups is 1. The van der Waals surface area contributed by atoms with Crippen molar-refractivity contribution >= 4 is 35.7 Å². The van der Waals surface area contributed by atoms with Crippen LogP contribution in [0, 0.1) is 5.92 Å². The van der Waals surface area contributed by atoms with Crippen LogP contribution < -0.4 is 0 Å². The third-order valence-electron chi connectivity index (χ3n) is 5.99. The van der Waals surface area contributed by atoms with Crippen LogP contribution in [0.1, 0.15) is 51.0 Å². The molecule has 1 aliphatic heterocycles. The fourth-order valence-electron chi connectivity index (χ4n) is 4.38. The third kappa shape index (κ3) is 5.64. The molecule has 3 rings (SSSR count). The van der Waals surface area contributed by atoms with Crippen LogP contribution in [0.2, 0.25) is 5.02 Å². The molecule has 1 aromatic rings. The number of rotatable bonds is 10.